The van der Waals surface area contributed by atoms with Gasteiger partial charge in [0.1, 0.15) is 5.60 Å². The summed E-state index contributed by atoms with van der Waals surface area (Å²) in [5.74, 6) is 0.756. The number of rotatable bonds is 4. The van der Waals surface area contributed by atoms with E-state index in [1.165, 1.54) is 5.56 Å². The molecule has 2 heterocycles. The predicted octanol–water partition coefficient (Wildman–Crippen LogP) is 3.07. The molecule has 0 atom stereocenters. The molecular formula is C21H30N2O2. The first kappa shape index (κ1) is 17.0. The Bertz CT molecular complexity index is 616. The van der Waals surface area contributed by atoms with Crippen LogP contribution in [0.25, 0.3) is 0 Å². The lowest BCUT2D eigenvalue weighted by Crippen LogP contribution is -2.63. The van der Waals surface area contributed by atoms with Crippen LogP contribution >= 0.6 is 0 Å². The number of morpholine rings is 1. The number of amides is 1. The van der Waals surface area contributed by atoms with Crippen LogP contribution in [0.15, 0.2) is 30.3 Å². The zero-order valence-corrected chi connectivity index (χ0v) is 15.5. The van der Waals surface area contributed by atoms with Gasteiger partial charge in [0.25, 0.3) is 5.91 Å². The van der Waals surface area contributed by atoms with Crippen LogP contribution in [0.5, 0.6) is 0 Å². The van der Waals surface area contributed by atoms with Crippen molar-refractivity contribution in [1.82, 2.24) is 9.80 Å². The second-order valence-corrected chi connectivity index (χ2v) is 8.62. The van der Waals surface area contributed by atoms with Crippen LogP contribution in [-0.4, -0.2) is 53.1 Å². The van der Waals surface area contributed by atoms with Gasteiger partial charge in [0, 0.05) is 32.7 Å². The first-order valence-electron chi connectivity index (χ1n) is 9.76. The van der Waals surface area contributed by atoms with Gasteiger partial charge in [0.2, 0.25) is 0 Å². The third kappa shape index (κ3) is 3.47. The number of ether oxygens (including phenoxy) is 1. The molecule has 25 heavy (non-hydrogen) atoms. The molecule has 2 aliphatic heterocycles. The molecule has 1 amide bonds. The van der Waals surface area contributed by atoms with Crippen molar-refractivity contribution in [3.05, 3.63) is 35.9 Å². The summed E-state index contributed by atoms with van der Waals surface area (Å²) < 4.78 is 6.52. The van der Waals surface area contributed by atoms with Crippen molar-refractivity contribution >= 4 is 5.91 Å². The van der Waals surface area contributed by atoms with Gasteiger partial charge in [-0.05, 0) is 37.2 Å². The molecule has 4 heteroatoms. The Morgan fingerprint density at radius 2 is 1.76 bits per heavy atom. The summed E-state index contributed by atoms with van der Waals surface area (Å²) in [6.45, 7) is 9.14. The molecule has 1 aliphatic carbocycles. The Hall–Kier alpha value is -1.39. The first-order chi connectivity index (χ1) is 12.0. The molecule has 4 rings (SSSR count). The van der Waals surface area contributed by atoms with Crippen LogP contribution in [0.3, 0.4) is 0 Å². The van der Waals surface area contributed by atoms with Gasteiger partial charge in [0.05, 0.1) is 5.60 Å². The highest BCUT2D eigenvalue weighted by Gasteiger charge is 2.61. The molecule has 0 radical (unpaired) electrons. The molecule has 2 saturated heterocycles. The first-order valence-corrected chi connectivity index (χ1v) is 9.76. The van der Waals surface area contributed by atoms with Gasteiger partial charge in [-0.15, -0.1) is 0 Å². The maximum Gasteiger partial charge on any atom is 0.254 e. The van der Waals surface area contributed by atoms with Crippen LogP contribution in [0.2, 0.25) is 0 Å². The number of benzene rings is 1. The van der Waals surface area contributed by atoms with Crippen LogP contribution < -0.4 is 0 Å². The van der Waals surface area contributed by atoms with Gasteiger partial charge in [0.15, 0.2) is 0 Å². The number of carbonyl (C=O) groups excluding carboxylic acids is 1. The van der Waals surface area contributed by atoms with Crippen molar-refractivity contribution < 1.29 is 9.53 Å². The molecule has 0 unspecified atom stereocenters. The highest BCUT2D eigenvalue weighted by atomic mass is 16.5. The van der Waals surface area contributed by atoms with Crippen LogP contribution in [0, 0.1) is 5.92 Å². The largest absolute Gasteiger partial charge is 0.357 e. The van der Waals surface area contributed by atoms with Gasteiger partial charge in [-0.25, -0.2) is 0 Å². The van der Waals surface area contributed by atoms with Gasteiger partial charge < -0.3 is 9.64 Å². The summed E-state index contributed by atoms with van der Waals surface area (Å²) in [4.78, 5) is 17.4. The van der Waals surface area contributed by atoms with Gasteiger partial charge in [-0.1, -0.05) is 44.2 Å². The number of likely N-dealkylation sites (tertiary alicyclic amines) is 1. The molecule has 0 aromatic heterocycles. The Labute approximate surface area is 151 Å². The molecule has 1 aromatic carbocycles. The second kappa shape index (κ2) is 6.40. The van der Waals surface area contributed by atoms with Gasteiger partial charge >= 0.3 is 0 Å². The number of carbonyl (C=O) groups is 1. The van der Waals surface area contributed by atoms with E-state index in [2.05, 4.69) is 54.0 Å². The maximum absolute atomic E-state index is 12.8. The summed E-state index contributed by atoms with van der Waals surface area (Å²) in [7, 11) is 0. The molecule has 2 spiro atoms. The Kier molecular flexibility index (Phi) is 4.37. The molecule has 3 aliphatic rings. The van der Waals surface area contributed by atoms with Crippen molar-refractivity contribution in [1.29, 1.82) is 0 Å². The fourth-order valence-corrected chi connectivity index (χ4v) is 4.44. The molecule has 0 bridgehead atoms. The summed E-state index contributed by atoms with van der Waals surface area (Å²) in [5.41, 5.74) is 0.791. The summed E-state index contributed by atoms with van der Waals surface area (Å²) in [5, 5.41) is 0. The van der Waals surface area contributed by atoms with Crippen molar-refractivity contribution in [2.45, 2.75) is 57.3 Å². The monoisotopic (exact) mass is 342 g/mol. The lowest BCUT2D eigenvalue weighted by molar-refractivity contribution is -0.201. The number of piperidine rings is 1. The molecule has 1 aromatic rings. The second-order valence-electron chi connectivity index (χ2n) is 8.62. The van der Waals surface area contributed by atoms with Crippen LogP contribution in [0.4, 0.5) is 0 Å². The quantitative estimate of drug-likeness (QED) is 0.843. The van der Waals surface area contributed by atoms with Crippen LogP contribution in [0.1, 0.15) is 45.1 Å². The smallest absolute Gasteiger partial charge is 0.254 e. The zero-order chi connectivity index (χ0) is 17.5. The van der Waals surface area contributed by atoms with E-state index in [0.29, 0.717) is 5.92 Å². The molecule has 3 fully saturated rings. The highest BCUT2D eigenvalue weighted by Crippen LogP contribution is 2.50. The average molecular weight is 342 g/mol. The Morgan fingerprint density at radius 3 is 2.36 bits per heavy atom. The Morgan fingerprint density at radius 1 is 1.08 bits per heavy atom. The summed E-state index contributed by atoms with van der Waals surface area (Å²) in [6, 6.07) is 10.7. The normalized spacial score (nSPS) is 25.1. The molecule has 4 nitrogen and oxygen atoms in total. The van der Waals surface area contributed by atoms with E-state index in [1.54, 1.807) is 0 Å². The Balaban J connectivity index is 1.42. The molecular weight excluding hydrogens is 312 g/mol. The number of hydrogen-bond acceptors (Lipinski definition) is 3. The van der Waals surface area contributed by atoms with E-state index >= 15 is 0 Å². The SMILES string of the molecule is CC(C)CN1CC2(CCN(Cc3ccccc3)CC2)OC2(CC2)C1=O. The third-order valence-electron chi connectivity index (χ3n) is 5.87. The van der Waals surface area contributed by atoms with E-state index in [-0.39, 0.29) is 11.5 Å². The van der Waals surface area contributed by atoms with E-state index < -0.39 is 5.60 Å². The summed E-state index contributed by atoms with van der Waals surface area (Å²) in [6.07, 6.45) is 3.89. The average Bonchev–Trinajstić information content (AvgIpc) is 3.36. The van der Waals surface area contributed by atoms with E-state index in [1.807, 2.05) is 0 Å². The van der Waals surface area contributed by atoms with Crippen molar-refractivity contribution in [2.24, 2.45) is 5.92 Å². The van der Waals surface area contributed by atoms with E-state index in [9.17, 15) is 4.79 Å². The summed E-state index contributed by atoms with van der Waals surface area (Å²) >= 11 is 0. The zero-order valence-electron chi connectivity index (χ0n) is 15.5. The minimum absolute atomic E-state index is 0.119. The van der Waals surface area contributed by atoms with Crippen molar-refractivity contribution in [3.8, 4) is 0 Å². The standard InChI is InChI=1S/C21H30N2O2/c1-17(2)14-23-16-20(25-21(8-9-21)19(23)24)10-12-22(13-11-20)15-18-6-4-3-5-7-18/h3-7,17H,8-16H2,1-2H3. The topological polar surface area (TPSA) is 32.8 Å². The maximum atomic E-state index is 12.8. The van der Waals surface area contributed by atoms with Crippen molar-refractivity contribution in [2.75, 3.05) is 26.2 Å². The van der Waals surface area contributed by atoms with Gasteiger partial charge in [-0.2, -0.15) is 0 Å². The highest BCUT2D eigenvalue weighted by molar-refractivity contribution is 5.89. The van der Waals surface area contributed by atoms with E-state index in [4.69, 9.17) is 4.74 Å². The fraction of sp³-hybridized carbons (Fsp3) is 0.667. The lowest BCUT2D eigenvalue weighted by Gasteiger charge is -2.50. The third-order valence-corrected chi connectivity index (χ3v) is 5.87. The minimum Gasteiger partial charge on any atom is -0.357 e. The lowest BCUT2D eigenvalue weighted by atomic mass is 9.87. The van der Waals surface area contributed by atoms with Crippen molar-refractivity contribution in [3.63, 3.8) is 0 Å². The molecule has 1 saturated carbocycles. The number of hydrogen-bond donors (Lipinski definition) is 0. The predicted molar refractivity (Wildman–Crippen MR) is 98.2 cm³/mol. The molecule has 0 N–H and O–H groups in total. The number of nitrogens with zero attached hydrogens (tertiary/aromatic N) is 2. The molecule has 136 valence electrons. The van der Waals surface area contributed by atoms with Gasteiger partial charge in [-0.3, -0.25) is 9.69 Å². The van der Waals surface area contributed by atoms with Crippen LogP contribution in [-0.2, 0) is 16.1 Å². The van der Waals surface area contributed by atoms with E-state index in [0.717, 1.165) is 58.4 Å². The fourth-order valence-electron chi connectivity index (χ4n) is 4.44. The minimum atomic E-state index is -0.464.